The summed E-state index contributed by atoms with van der Waals surface area (Å²) in [5.41, 5.74) is 0.551. The first-order valence-corrected chi connectivity index (χ1v) is 7.17. The van der Waals surface area contributed by atoms with Gasteiger partial charge >= 0.3 is 5.97 Å². The Balaban J connectivity index is 2.15. The van der Waals surface area contributed by atoms with Crippen molar-refractivity contribution in [3.63, 3.8) is 0 Å². The zero-order valence-corrected chi connectivity index (χ0v) is 11.6. The van der Waals surface area contributed by atoms with Crippen molar-refractivity contribution >= 4 is 5.97 Å². The fraction of sp³-hybridized carbons (Fsp3) is 0.562. The molecule has 1 fully saturated rings. The van der Waals surface area contributed by atoms with Gasteiger partial charge in [-0.1, -0.05) is 13.3 Å². The van der Waals surface area contributed by atoms with Gasteiger partial charge in [-0.15, -0.1) is 0 Å². The smallest absolute Gasteiger partial charge is 0.306 e. The molecule has 1 aromatic rings. The third-order valence-corrected chi connectivity index (χ3v) is 4.41. The number of carbonyl (C=O) groups is 1. The Morgan fingerprint density at radius 1 is 1.25 bits per heavy atom. The van der Waals surface area contributed by atoms with Crippen LogP contribution in [0.15, 0.2) is 18.2 Å². The average molecular weight is 282 g/mol. The molecule has 1 aromatic carbocycles. The van der Waals surface area contributed by atoms with Gasteiger partial charge in [0.15, 0.2) is 0 Å². The molecule has 3 atom stereocenters. The van der Waals surface area contributed by atoms with Gasteiger partial charge in [-0.05, 0) is 55.2 Å². The Morgan fingerprint density at radius 3 is 2.45 bits per heavy atom. The summed E-state index contributed by atoms with van der Waals surface area (Å²) < 4.78 is 26.4. The Morgan fingerprint density at radius 2 is 1.90 bits per heavy atom. The molecule has 0 heterocycles. The lowest BCUT2D eigenvalue weighted by Crippen LogP contribution is -2.32. The van der Waals surface area contributed by atoms with E-state index in [9.17, 15) is 18.7 Å². The van der Waals surface area contributed by atoms with Crippen LogP contribution in [0, 0.1) is 29.4 Å². The highest BCUT2D eigenvalue weighted by atomic mass is 19.1. The molecule has 1 aliphatic carbocycles. The van der Waals surface area contributed by atoms with Gasteiger partial charge < -0.3 is 5.11 Å². The fourth-order valence-corrected chi connectivity index (χ4v) is 3.31. The third-order valence-electron chi connectivity index (χ3n) is 4.41. The second kappa shape index (κ2) is 6.33. The summed E-state index contributed by atoms with van der Waals surface area (Å²) in [6.45, 7) is 2.10. The van der Waals surface area contributed by atoms with Crippen molar-refractivity contribution in [1.82, 2.24) is 0 Å². The van der Waals surface area contributed by atoms with Crippen molar-refractivity contribution in [2.75, 3.05) is 0 Å². The molecule has 0 aromatic heterocycles. The Bertz CT molecular complexity index is 467. The maximum Gasteiger partial charge on any atom is 0.306 e. The number of halogens is 2. The summed E-state index contributed by atoms with van der Waals surface area (Å²) in [6, 6.07) is 3.45. The molecule has 1 saturated carbocycles. The number of hydrogen-bond donors (Lipinski definition) is 1. The van der Waals surface area contributed by atoms with E-state index in [1.54, 1.807) is 0 Å². The molecule has 1 aliphatic rings. The van der Waals surface area contributed by atoms with Gasteiger partial charge in [-0.2, -0.15) is 0 Å². The molecule has 3 unspecified atom stereocenters. The number of carboxylic acid groups (broad SMARTS) is 1. The number of rotatable bonds is 4. The van der Waals surface area contributed by atoms with Gasteiger partial charge in [-0.25, -0.2) is 8.78 Å². The van der Waals surface area contributed by atoms with Crippen LogP contribution in [-0.4, -0.2) is 11.1 Å². The molecule has 0 radical (unpaired) electrons. The summed E-state index contributed by atoms with van der Waals surface area (Å²) in [5.74, 6) is -1.91. The average Bonchev–Trinajstić information content (AvgIpc) is 2.37. The zero-order chi connectivity index (χ0) is 14.7. The van der Waals surface area contributed by atoms with E-state index in [2.05, 4.69) is 6.92 Å². The summed E-state index contributed by atoms with van der Waals surface area (Å²) in [5, 5.41) is 9.31. The molecule has 0 amide bonds. The number of aliphatic carboxylic acids is 1. The third kappa shape index (κ3) is 3.56. The van der Waals surface area contributed by atoms with Gasteiger partial charge in [0.25, 0.3) is 0 Å². The number of benzene rings is 1. The quantitative estimate of drug-likeness (QED) is 0.905. The van der Waals surface area contributed by atoms with Crippen LogP contribution < -0.4 is 0 Å². The summed E-state index contributed by atoms with van der Waals surface area (Å²) >= 11 is 0. The van der Waals surface area contributed by atoms with E-state index in [1.165, 1.54) is 12.1 Å². The molecule has 0 spiro atoms. The molecule has 20 heavy (non-hydrogen) atoms. The van der Waals surface area contributed by atoms with E-state index in [0.717, 1.165) is 25.3 Å². The van der Waals surface area contributed by atoms with Gasteiger partial charge in [0.2, 0.25) is 0 Å². The summed E-state index contributed by atoms with van der Waals surface area (Å²) in [7, 11) is 0. The van der Waals surface area contributed by atoms with Gasteiger partial charge in [0, 0.05) is 6.07 Å². The lowest BCUT2D eigenvalue weighted by Gasteiger charge is -2.33. The molecule has 2 nitrogen and oxygen atoms in total. The lowest BCUT2D eigenvalue weighted by atomic mass is 9.71. The monoisotopic (exact) mass is 282 g/mol. The Hall–Kier alpha value is -1.45. The lowest BCUT2D eigenvalue weighted by molar-refractivity contribution is -0.145. The molecule has 1 N–H and O–H groups in total. The van der Waals surface area contributed by atoms with Gasteiger partial charge in [0.1, 0.15) is 11.6 Å². The molecular formula is C16H20F2O2. The van der Waals surface area contributed by atoms with Crippen LogP contribution >= 0.6 is 0 Å². The van der Waals surface area contributed by atoms with E-state index in [4.69, 9.17) is 0 Å². The van der Waals surface area contributed by atoms with E-state index in [0.29, 0.717) is 24.3 Å². The van der Waals surface area contributed by atoms with Crippen LogP contribution in [0.5, 0.6) is 0 Å². The first-order chi connectivity index (χ1) is 9.49. The molecule has 4 heteroatoms. The van der Waals surface area contributed by atoms with Crippen LogP contribution in [-0.2, 0) is 11.2 Å². The molecule has 2 rings (SSSR count). The van der Waals surface area contributed by atoms with Crippen LogP contribution in [0.4, 0.5) is 8.78 Å². The van der Waals surface area contributed by atoms with Crippen molar-refractivity contribution in [2.45, 2.75) is 39.0 Å². The SMILES string of the molecule is CCC1CCC(C(=O)O)C(Cc2cc(F)cc(F)c2)C1. The van der Waals surface area contributed by atoms with E-state index >= 15 is 0 Å². The number of hydrogen-bond acceptors (Lipinski definition) is 1. The highest BCUT2D eigenvalue weighted by Gasteiger charge is 2.34. The van der Waals surface area contributed by atoms with Crippen molar-refractivity contribution in [1.29, 1.82) is 0 Å². The number of carboxylic acids is 1. The second-order valence-corrected chi connectivity index (χ2v) is 5.77. The molecule has 0 saturated heterocycles. The predicted molar refractivity (Wildman–Crippen MR) is 72.3 cm³/mol. The summed E-state index contributed by atoms with van der Waals surface area (Å²) in [4.78, 5) is 11.3. The highest BCUT2D eigenvalue weighted by molar-refractivity contribution is 5.70. The van der Waals surface area contributed by atoms with Gasteiger partial charge in [0.05, 0.1) is 5.92 Å². The van der Waals surface area contributed by atoms with Crippen LogP contribution in [0.3, 0.4) is 0 Å². The van der Waals surface area contributed by atoms with Crippen molar-refractivity contribution in [3.05, 3.63) is 35.4 Å². The molecular weight excluding hydrogens is 262 g/mol. The Kier molecular flexibility index (Phi) is 4.73. The minimum Gasteiger partial charge on any atom is -0.481 e. The summed E-state index contributed by atoms with van der Waals surface area (Å²) in [6.07, 6.45) is 3.88. The Labute approximate surface area is 117 Å². The standard InChI is InChI=1S/C16H20F2O2/c1-2-10-3-4-15(16(19)20)12(5-10)6-11-7-13(17)9-14(18)8-11/h7-10,12,15H,2-6H2,1H3,(H,19,20). The fourth-order valence-electron chi connectivity index (χ4n) is 3.31. The van der Waals surface area contributed by atoms with Crippen LogP contribution in [0.2, 0.25) is 0 Å². The van der Waals surface area contributed by atoms with E-state index < -0.39 is 23.5 Å². The second-order valence-electron chi connectivity index (χ2n) is 5.77. The molecule has 110 valence electrons. The zero-order valence-electron chi connectivity index (χ0n) is 11.6. The van der Waals surface area contributed by atoms with Gasteiger partial charge in [-0.3, -0.25) is 4.79 Å². The van der Waals surface area contributed by atoms with Crippen molar-refractivity contribution in [2.24, 2.45) is 17.8 Å². The maximum atomic E-state index is 13.2. The van der Waals surface area contributed by atoms with E-state index in [1.807, 2.05) is 0 Å². The van der Waals surface area contributed by atoms with E-state index in [-0.39, 0.29) is 5.92 Å². The molecule has 0 bridgehead atoms. The molecule has 0 aliphatic heterocycles. The largest absolute Gasteiger partial charge is 0.481 e. The van der Waals surface area contributed by atoms with Crippen molar-refractivity contribution < 1.29 is 18.7 Å². The van der Waals surface area contributed by atoms with Crippen LogP contribution in [0.1, 0.15) is 38.2 Å². The highest BCUT2D eigenvalue weighted by Crippen LogP contribution is 2.37. The van der Waals surface area contributed by atoms with Crippen LogP contribution in [0.25, 0.3) is 0 Å². The minimum atomic E-state index is -0.790. The predicted octanol–water partition coefficient (Wildman–Crippen LogP) is 4.03. The topological polar surface area (TPSA) is 37.3 Å². The first-order valence-electron chi connectivity index (χ1n) is 7.17. The minimum absolute atomic E-state index is 0.0348. The first kappa shape index (κ1) is 14.9. The normalized spacial score (nSPS) is 26.4. The van der Waals surface area contributed by atoms with Crippen molar-refractivity contribution in [3.8, 4) is 0 Å². The maximum absolute atomic E-state index is 13.2.